The van der Waals surface area contributed by atoms with Crippen molar-refractivity contribution in [2.75, 3.05) is 18.5 Å². The quantitative estimate of drug-likeness (QED) is 0.400. The number of thiazole rings is 1. The van der Waals surface area contributed by atoms with Crippen molar-refractivity contribution in [1.82, 2.24) is 25.0 Å². The Morgan fingerprint density at radius 1 is 1.42 bits per heavy atom. The second-order valence-electron chi connectivity index (χ2n) is 6.44. The van der Waals surface area contributed by atoms with Crippen molar-refractivity contribution in [3.05, 3.63) is 48.1 Å². The number of carbonyl (C=O) groups is 2. The number of nitrogens with zero attached hydrogens (tertiary/aromatic N) is 4. The Morgan fingerprint density at radius 3 is 2.97 bits per heavy atom. The molecule has 0 spiro atoms. The predicted octanol–water partition coefficient (Wildman–Crippen LogP) is 2.90. The van der Waals surface area contributed by atoms with Crippen molar-refractivity contribution in [3.63, 3.8) is 0 Å². The number of rotatable bonds is 5. The number of ether oxygens (including phenoxy) is 1. The molecule has 12 heteroatoms. The van der Waals surface area contributed by atoms with Gasteiger partial charge in [0.25, 0.3) is 12.4 Å². The summed E-state index contributed by atoms with van der Waals surface area (Å²) in [6.07, 6.45) is 7.77. The predicted molar refractivity (Wildman–Crippen MR) is 111 cm³/mol. The number of nitrogens with one attached hydrogen (secondary N) is 2. The summed E-state index contributed by atoms with van der Waals surface area (Å²) in [5, 5.41) is 23.7. The summed E-state index contributed by atoms with van der Waals surface area (Å²) in [6.45, 7) is 1.07. The molecule has 0 aromatic carbocycles. The van der Waals surface area contributed by atoms with Gasteiger partial charge in [0.2, 0.25) is 0 Å². The normalized spacial score (nSPS) is 15.3. The number of amides is 1. The van der Waals surface area contributed by atoms with E-state index in [0.717, 1.165) is 17.0 Å². The number of carbonyl (C=O) groups excluding carboxylic acids is 1. The van der Waals surface area contributed by atoms with E-state index in [1.54, 1.807) is 30.7 Å². The minimum atomic E-state index is -0.352. The van der Waals surface area contributed by atoms with Crippen LogP contribution in [0.15, 0.2) is 46.7 Å². The van der Waals surface area contributed by atoms with E-state index in [0.29, 0.717) is 30.4 Å². The first-order valence-electron chi connectivity index (χ1n) is 9.24. The summed E-state index contributed by atoms with van der Waals surface area (Å²) >= 11 is 1.47. The van der Waals surface area contributed by atoms with Crippen LogP contribution in [0, 0.1) is 0 Å². The van der Waals surface area contributed by atoms with Crippen LogP contribution >= 0.6 is 11.3 Å². The van der Waals surface area contributed by atoms with Gasteiger partial charge in [-0.05, 0) is 18.6 Å². The van der Waals surface area contributed by atoms with Gasteiger partial charge in [0.15, 0.2) is 5.76 Å². The van der Waals surface area contributed by atoms with E-state index in [1.165, 1.54) is 11.3 Å². The fourth-order valence-corrected chi connectivity index (χ4v) is 3.72. The van der Waals surface area contributed by atoms with Gasteiger partial charge in [-0.3, -0.25) is 19.4 Å². The molecular formula is C19H18N6O5S. The van der Waals surface area contributed by atoms with Crippen molar-refractivity contribution in [3.8, 4) is 22.0 Å². The van der Waals surface area contributed by atoms with E-state index in [4.69, 9.17) is 19.1 Å². The molecule has 1 saturated heterocycles. The van der Waals surface area contributed by atoms with Gasteiger partial charge in [-0.15, -0.1) is 11.3 Å². The standard InChI is InChI=1S/C18H16N6O3S.CH2O2/c25-17(15-2-1-14(27-15)11-7-20-21-8-11)22-13-9-24(12-3-5-26-10-12)23-16(13)18-19-4-6-28-18;2-1-3/h1-2,4,6-9,12H,3,5,10H2,(H,20,21)(H,22,25);1H,(H,2,3). The van der Waals surface area contributed by atoms with Gasteiger partial charge in [-0.25, -0.2) is 4.98 Å². The molecular weight excluding hydrogens is 424 g/mol. The highest BCUT2D eigenvalue weighted by molar-refractivity contribution is 7.13. The minimum absolute atomic E-state index is 0.153. The maximum absolute atomic E-state index is 12.7. The Hall–Kier alpha value is -3.77. The van der Waals surface area contributed by atoms with Gasteiger partial charge >= 0.3 is 0 Å². The van der Waals surface area contributed by atoms with Gasteiger partial charge in [0.1, 0.15) is 16.5 Å². The summed E-state index contributed by atoms with van der Waals surface area (Å²) in [4.78, 5) is 25.4. The molecule has 31 heavy (non-hydrogen) atoms. The monoisotopic (exact) mass is 442 g/mol. The molecule has 1 atom stereocenters. The van der Waals surface area contributed by atoms with E-state index in [-0.39, 0.29) is 24.2 Å². The Bertz CT molecular complexity index is 1130. The number of furan rings is 1. The van der Waals surface area contributed by atoms with Crippen LogP contribution in [0.3, 0.4) is 0 Å². The fraction of sp³-hybridized carbons (Fsp3) is 0.211. The largest absolute Gasteiger partial charge is 0.483 e. The van der Waals surface area contributed by atoms with Crippen molar-refractivity contribution >= 4 is 29.4 Å². The number of aromatic nitrogens is 5. The molecule has 1 amide bonds. The maximum Gasteiger partial charge on any atom is 0.291 e. The first-order chi connectivity index (χ1) is 15.2. The molecule has 3 N–H and O–H groups in total. The third-order valence-corrected chi connectivity index (χ3v) is 5.29. The number of H-pyrrole nitrogens is 1. The van der Waals surface area contributed by atoms with E-state index in [1.807, 2.05) is 16.3 Å². The van der Waals surface area contributed by atoms with Crippen LogP contribution in [-0.2, 0) is 9.53 Å². The Balaban J connectivity index is 0.000000730. The molecule has 0 bridgehead atoms. The zero-order valence-corrected chi connectivity index (χ0v) is 16.9. The summed E-state index contributed by atoms with van der Waals surface area (Å²) in [6, 6.07) is 3.53. The number of carboxylic acid groups (broad SMARTS) is 1. The molecule has 1 unspecified atom stereocenters. The smallest absolute Gasteiger partial charge is 0.291 e. The lowest BCUT2D eigenvalue weighted by Gasteiger charge is -2.06. The molecule has 4 aromatic heterocycles. The lowest BCUT2D eigenvalue weighted by atomic mass is 10.3. The third kappa shape index (κ3) is 4.54. The molecule has 1 aliphatic rings. The number of anilines is 1. The van der Waals surface area contributed by atoms with Gasteiger partial charge in [-0.1, -0.05) is 0 Å². The Morgan fingerprint density at radius 2 is 2.29 bits per heavy atom. The lowest BCUT2D eigenvalue weighted by molar-refractivity contribution is -0.122. The van der Waals surface area contributed by atoms with Crippen LogP contribution in [-0.4, -0.2) is 55.7 Å². The second-order valence-corrected chi connectivity index (χ2v) is 7.33. The summed E-state index contributed by atoms with van der Waals surface area (Å²) in [5.74, 6) is 0.422. The highest BCUT2D eigenvalue weighted by Crippen LogP contribution is 2.31. The maximum atomic E-state index is 12.7. The zero-order chi connectivity index (χ0) is 21.6. The summed E-state index contributed by atoms with van der Waals surface area (Å²) in [5.41, 5.74) is 2.00. The Labute approximate surface area is 179 Å². The fourth-order valence-electron chi connectivity index (χ4n) is 3.08. The average molecular weight is 442 g/mol. The molecule has 1 fully saturated rings. The summed E-state index contributed by atoms with van der Waals surface area (Å²) < 4.78 is 13.0. The van der Waals surface area contributed by atoms with E-state index in [2.05, 4.69) is 25.6 Å². The van der Waals surface area contributed by atoms with Gasteiger partial charge in [-0.2, -0.15) is 10.2 Å². The first-order valence-corrected chi connectivity index (χ1v) is 10.1. The second kappa shape index (κ2) is 9.36. The minimum Gasteiger partial charge on any atom is -0.483 e. The third-order valence-electron chi connectivity index (χ3n) is 4.51. The molecule has 4 aromatic rings. The average Bonchev–Trinajstić information content (AvgIpc) is 3.59. The van der Waals surface area contributed by atoms with Gasteiger partial charge in [0, 0.05) is 30.6 Å². The van der Waals surface area contributed by atoms with Crippen LogP contribution in [0.2, 0.25) is 0 Å². The zero-order valence-electron chi connectivity index (χ0n) is 16.1. The van der Waals surface area contributed by atoms with Crippen molar-refractivity contribution in [2.45, 2.75) is 12.5 Å². The van der Waals surface area contributed by atoms with Crippen molar-refractivity contribution < 1.29 is 23.8 Å². The van der Waals surface area contributed by atoms with Crippen LogP contribution in [0.1, 0.15) is 23.0 Å². The van der Waals surface area contributed by atoms with Gasteiger partial charge < -0.3 is 19.6 Å². The number of hydrogen-bond acceptors (Lipinski definition) is 8. The van der Waals surface area contributed by atoms with Crippen LogP contribution in [0.25, 0.3) is 22.0 Å². The molecule has 5 heterocycles. The first kappa shape index (κ1) is 20.5. The molecule has 0 radical (unpaired) electrons. The highest BCUT2D eigenvalue weighted by Gasteiger charge is 2.24. The van der Waals surface area contributed by atoms with E-state index < -0.39 is 0 Å². The highest BCUT2D eigenvalue weighted by atomic mass is 32.1. The van der Waals surface area contributed by atoms with Crippen molar-refractivity contribution in [2.24, 2.45) is 0 Å². The SMILES string of the molecule is O=C(Nc1cn(C2CCOC2)nc1-c1nccs1)c1ccc(-c2cn[nH]c2)o1.O=CO. The van der Waals surface area contributed by atoms with Crippen molar-refractivity contribution in [1.29, 1.82) is 0 Å². The summed E-state index contributed by atoms with van der Waals surface area (Å²) in [7, 11) is 0. The number of aromatic amines is 1. The molecule has 11 nitrogen and oxygen atoms in total. The van der Waals surface area contributed by atoms with Crippen LogP contribution in [0.4, 0.5) is 5.69 Å². The molecule has 0 saturated carbocycles. The molecule has 0 aliphatic carbocycles. The van der Waals surface area contributed by atoms with Gasteiger partial charge in [0.05, 0.1) is 30.1 Å². The van der Waals surface area contributed by atoms with E-state index in [9.17, 15) is 4.79 Å². The van der Waals surface area contributed by atoms with E-state index >= 15 is 0 Å². The van der Waals surface area contributed by atoms with Crippen LogP contribution < -0.4 is 5.32 Å². The lowest BCUT2D eigenvalue weighted by Crippen LogP contribution is -2.11. The van der Waals surface area contributed by atoms with Crippen LogP contribution in [0.5, 0.6) is 0 Å². The molecule has 160 valence electrons. The molecule has 5 rings (SSSR count). The number of hydrogen-bond donors (Lipinski definition) is 3. The topological polar surface area (TPSA) is 148 Å². The Kier molecular flexibility index (Phi) is 6.19. The molecule has 1 aliphatic heterocycles.